The number of rotatable bonds is 6. The average Bonchev–Trinajstić information content (AvgIpc) is 3.52. The number of carbonyl (C=O) groups excluding carboxylic acids is 2. The van der Waals surface area contributed by atoms with Gasteiger partial charge in [-0.05, 0) is 50.7 Å². The Morgan fingerprint density at radius 2 is 1.94 bits per heavy atom. The quantitative estimate of drug-likeness (QED) is 0.561. The molecule has 1 saturated heterocycles. The molecule has 1 saturated carbocycles. The molecule has 1 aliphatic heterocycles. The SMILES string of the molecule is Cc1cccc(C)c1NC(=O)Cn1cnc2nc(N3CCC[C@H](C(=O)NC4CC4)C3)sc2c1=O. The molecule has 2 aliphatic rings. The third-order valence-corrected chi connectivity index (χ3v) is 7.51. The van der Waals surface area contributed by atoms with Gasteiger partial charge in [-0.15, -0.1) is 0 Å². The molecule has 0 radical (unpaired) electrons. The Balaban J connectivity index is 1.31. The molecule has 178 valence electrons. The van der Waals surface area contributed by atoms with Gasteiger partial charge in [0, 0.05) is 24.8 Å². The fourth-order valence-electron chi connectivity index (χ4n) is 4.34. The van der Waals surface area contributed by atoms with Gasteiger partial charge < -0.3 is 15.5 Å². The fourth-order valence-corrected chi connectivity index (χ4v) is 5.34. The highest BCUT2D eigenvalue weighted by molar-refractivity contribution is 7.22. The van der Waals surface area contributed by atoms with Crippen LogP contribution in [0.5, 0.6) is 0 Å². The van der Waals surface area contributed by atoms with Crippen LogP contribution < -0.4 is 21.1 Å². The summed E-state index contributed by atoms with van der Waals surface area (Å²) in [7, 11) is 0. The van der Waals surface area contributed by atoms with Gasteiger partial charge in [0.15, 0.2) is 10.8 Å². The maximum absolute atomic E-state index is 13.1. The van der Waals surface area contributed by atoms with Gasteiger partial charge in [0.2, 0.25) is 11.8 Å². The molecule has 10 heteroatoms. The number of aromatic nitrogens is 3. The zero-order chi connectivity index (χ0) is 23.8. The van der Waals surface area contributed by atoms with Crippen molar-refractivity contribution in [1.82, 2.24) is 19.9 Å². The fraction of sp³-hybridized carbons (Fsp3) is 0.458. The van der Waals surface area contributed by atoms with E-state index < -0.39 is 0 Å². The van der Waals surface area contributed by atoms with E-state index in [4.69, 9.17) is 0 Å². The molecule has 0 spiro atoms. The van der Waals surface area contributed by atoms with Crippen molar-refractivity contribution < 1.29 is 9.59 Å². The first-order valence-corrected chi connectivity index (χ1v) is 12.5. The molecule has 2 fully saturated rings. The summed E-state index contributed by atoms with van der Waals surface area (Å²) >= 11 is 1.28. The predicted molar refractivity (Wildman–Crippen MR) is 132 cm³/mol. The van der Waals surface area contributed by atoms with Crippen LogP contribution in [-0.4, -0.2) is 45.5 Å². The van der Waals surface area contributed by atoms with Crippen LogP contribution in [0.25, 0.3) is 10.3 Å². The van der Waals surface area contributed by atoms with Crippen molar-refractivity contribution in [2.45, 2.75) is 52.1 Å². The molecule has 2 amide bonds. The van der Waals surface area contributed by atoms with Crippen LogP contribution in [-0.2, 0) is 16.1 Å². The van der Waals surface area contributed by atoms with E-state index in [2.05, 4.69) is 25.5 Å². The largest absolute Gasteiger partial charge is 0.353 e. The maximum Gasteiger partial charge on any atom is 0.273 e. The van der Waals surface area contributed by atoms with Gasteiger partial charge in [0.05, 0.1) is 5.92 Å². The van der Waals surface area contributed by atoms with Gasteiger partial charge in [-0.1, -0.05) is 29.5 Å². The summed E-state index contributed by atoms with van der Waals surface area (Å²) < 4.78 is 1.73. The van der Waals surface area contributed by atoms with Crippen molar-refractivity contribution in [3.05, 3.63) is 46.0 Å². The molecular formula is C24H28N6O3S. The van der Waals surface area contributed by atoms with E-state index in [1.54, 1.807) is 0 Å². The first-order chi connectivity index (χ1) is 16.4. The first-order valence-electron chi connectivity index (χ1n) is 11.7. The number of benzene rings is 1. The van der Waals surface area contributed by atoms with Crippen LogP contribution in [0.1, 0.15) is 36.8 Å². The number of para-hydroxylation sites is 1. The number of fused-ring (bicyclic) bond motifs is 1. The second-order valence-corrected chi connectivity index (χ2v) is 10.2. The third kappa shape index (κ3) is 4.68. The summed E-state index contributed by atoms with van der Waals surface area (Å²) in [6, 6.07) is 6.15. The van der Waals surface area contributed by atoms with Gasteiger partial charge in [0.25, 0.3) is 5.56 Å². The molecule has 1 aliphatic carbocycles. The maximum atomic E-state index is 13.1. The van der Waals surface area contributed by atoms with Crippen LogP contribution in [0, 0.1) is 19.8 Å². The van der Waals surface area contributed by atoms with Gasteiger partial charge in [-0.25, -0.2) is 4.98 Å². The molecule has 3 heterocycles. The van der Waals surface area contributed by atoms with Crippen LogP contribution in [0.2, 0.25) is 0 Å². The molecule has 1 atom stereocenters. The van der Waals surface area contributed by atoms with E-state index in [0.717, 1.165) is 49.0 Å². The molecule has 1 aromatic carbocycles. The highest BCUT2D eigenvalue weighted by atomic mass is 32.1. The molecule has 3 aromatic rings. The highest BCUT2D eigenvalue weighted by Crippen LogP contribution is 2.30. The van der Waals surface area contributed by atoms with E-state index >= 15 is 0 Å². The smallest absolute Gasteiger partial charge is 0.273 e. The van der Waals surface area contributed by atoms with E-state index in [1.807, 2.05) is 32.0 Å². The Bertz CT molecular complexity index is 1290. The van der Waals surface area contributed by atoms with E-state index in [-0.39, 0.29) is 29.8 Å². The predicted octanol–water partition coefficient (Wildman–Crippen LogP) is 2.60. The number of anilines is 2. The van der Waals surface area contributed by atoms with Crippen molar-refractivity contribution in [2.24, 2.45) is 5.92 Å². The van der Waals surface area contributed by atoms with Crippen molar-refractivity contribution in [2.75, 3.05) is 23.3 Å². The number of nitrogens with one attached hydrogen (secondary N) is 2. The minimum atomic E-state index is -0.287. The Kier molecular flexibility index (Phi) is 6.07. The molecule has 9 nitrogen and oxygen atoms in total. The zero-order valence-electron chi connectivity index (χ0n) is 19.3. The minimum Gasteiger partial charge on any atom is -0.353 e. The number of hydrogen-bond acceptors (Lipinski definition) is 7. The second-order valence-electron chi connectivity index (χ2n) is 9.21. The lowest BCUT2D eigenvalue weighted by Crippen LogP contribution is -2.43. The number of carbonyl (C=O) groups is 2. The van der Waals surface area contributed by atoms with Gasteiger partial charge in [-0.2, -0.15) is 4.98 Å². The third-order valence-electron chi connectivity index (χ3n) is 6.42. The zero-order valence-corrected chi connectivity index (χ0v) is 20.2. The van der Waals surface area contributed by atoms with E-state index in [0.29, 0.717) is 28.1 Å². The van der Waals surface area contributed by atoms with E-state index in [1.165, 1.54) is 22.2 Å². The molecule has 0 unspecified atom stereocenters. The first kappa shape index (κ1) is 22.5. The summed E-state index contributed by atoms with van der Waals surface area (Å²) in [5, 5.41) is 6.70. The minimum absolute atomic E-state index is 0.0698. The molecule has 5 rings (SSSR count). The normalized spacial score (nSPS) is 18.2. The number of amides is 2. The number of piperidine rings is 1. The monoisotopic (exact) mass is 480 g/mol. The van der Waals surface area contributed by atoms with Crippen molar-refractivity contribution >= 4 is 44.3 Å². The number of aryl methyl sites for hydroxylation is 2. The van der Waals surface area contributed by atoms with Gasteiger partial charge in [-0.3, -0.25) is 19.0 Å². The highest BCUT2D eigenvalue weighted by Gasteiger charge is 2.31. The Labute approximate surface area is 201 Å². The summed E-state index contributed by atoms with van der Waals surface area (Å²) in [5.41, 5.74) is 2.78. The number of thiazole rings is 1. The van der Waals surface area contributed by atoms with Crippen LogP contribution >= 0.6 is 11.3 Å². The molecular weight excluding hydrogens is 452 g/mol. The summed E-state index contributed by atoms with van der Waals surface area (Å²) in [4.78, 5) is 49.2. The lowest BCUT2D eigenvalue weighted by molar-refractivity contribution is -0.125. The average molecular weight is 481 g/mol. The topological polar surface area (TPSA) is 109 Å². The van der Waals surface area contributed by atoms with Crippen molar-refractivity contribution in [3.63, 3.8) is 0 Å². The Morgan fingerprint density at radius 3 is 2.68 bits per heavy atom. The lowest BCUT2D eigenvalue weighted by atomic mass is 9.97. The molecule has 2 N–H and O–H groups in total. The van der Waals surface area contributed by atoms with E-state index in [9.17, 15) is 14.4 Å². The molecule has 0 bridgehead atoms. The molecule has 2 aromatic heterocycles. The molecule has 34 heavy (non-hydrogen) atoms. The lowest BCUT2D eigenvalue weighted by Gasteiger charge is -2.31. The van der Waals surface area contributed by atoms with Crippen LogP contribution in [0.3, 0.4) is 0 Å². The van der Waals surface area contributed by atoms with Crippen molar-refractivity contribution in [1.29, 1.82) is 0 Å². The summed E-state index contributed by atoms with van der Waals surface area (Å²) in [6.07, 6.45) is 5.27. The van der Waals surface area contributed by atoms with Crippen LogP contribution in [0.4, 0.5) is 10.8 Å². The Hall–Kier alpha value is -3.27. The number of nitrogens with zero attached hydrogens (tertiary/aromatic N) is 4. The Morgan fingerprint density at radius 1 is 1.18 bits per heavy atom. The summed E-state index contributed by atoms with van der Waals surface area (Å²) in [6.45, 7) is 5.12. The van der Waals surface area contributed by atoms with Gasteiger partial charge in [0.1, 0.15) is 17.6 Å². The standard InChI is InChI=1S/C24H28N6O3S/c1-14-5-3-6-15(2)19(14)27-18(31)12-30-13-25-21-20(23(30)33)34-24(28-21)29-10-4-7-16(11-29)22(32)26-17-8-9-17/h3,5-6,13,16-17H,4,7-12H2,1-2H3,(H,26,32)(H,27,31)/t16-/m0/s1. The number of hydrogen-bond donors (Lipinski definition) is 2. The van der Waals surface area contributed by atoms with Gasteiger partial charge >= 0.3 is 0 Å². The van der Waals surface area contributed by atoms with Crippen molar-refractivity contribution in [3.8, 4) is 0 Å². The van der Waals surface area contributed by atoms with Crippen LogP contribution in [0.15, 0.2) is 29.3 Å². The second kappa shape index (κ2) is 9.17. The summed E-state index contributed by atoms with van der Waals surface area (Å²) in [5.74, 6) is -0.241.